The van der Waals surface area contributed by atoms with Crippen LogP contribution in [-0.4, -0.2) is 50.0 Å². The van der Waals surface area contributed by atoms with Crippen molar-refractivity contribution in [2.45, 2.75) is 68.3 Å². The van der Waals surface area contributed by atoms with Crippen molar-refractivity contribution in [1.29, 1.82) is 0 Å². The van der Waals surface area contributed by atoms with Crippen LogP contribution in [0.4, 0.5) is 4.79 Å². The van der Waals surface area contributed by atoms with Crippen molar-refractivity contribution in [1.82, 2.24) is 10.2 Å². The number of carbonyl (C=O) groups excluding carboxylic acids is 1. The third-order valence-electron chi connectivity index (χ3n) is 6.03. The summed E-state index contributed by atoms with van der Waals surface area (Å²) in [6.45, 7) is 2.86. The lowest BCUT2D eigenvalue weighted by molar-refractivity contribution is 0.0673. The predicted octanol–water partition coefficient (Wildman–Crippen LogP) is 2.99. The van der Waals surface area contributed by atoms with E-state index in [2.05, 4.69) is 9.71 Å². The number of hydrogen-bond acceptors (Lipinski definition) is 4. The summed E-state index contributed by atoms with van der Waals surface area (Å²) in [5, 5.41) is 3.06. The number of rotatable bonds is 3. The normalized spacial score (nSPS) is 24.7. The lowest BCUT2D eigenvalue weighted by atomic mass is 9.88. The molecule has 4 rings (SSSR count). The Bertz CT molecular complexity index is 867. The Kier molecular flexibility index (Phi) is 5.18. The number of carbonyl (C=O) groups is 1. The fourth-order valence-corrected chi connectivity index (χ4v) is 5.48. The SMILES string of the molecule is Cc1ccc(S(=O)(=O)/N=C2/N(C3CCCCC3)C(=O)NC23CCOCC3)cc1. The molecule has 0 unspecified atom stereocenters. The van der Waals surface area contributed by atoms with Crippen LogP contribution in [0.5, 0.6) is 0 Å². The Balaban J connectivity index is 1.77. The van der Waals surface area contributed by atoms with Crippen LogP contribution in [0.2, 0.25) is 0 Å². The van der Waals surface area contributed by atoms with Crippen LogP contribution in [0, 0.1) is 6.92 Å². The molecule has 1 aromatic rings. The first kappa shape index (κ1) is 19.4. The van der Waals surface area contributed by atoms with Gasteiger partial charge in [-0.2, -0.15) is 8.42 Å². The molecule has 1 N–H and O–H groups in total. The molecule has 1 aromatic carbocycles. The number of aryl methyl sites for hydroxylation is 1. The molecule has 0 bridgehead atoms. The van der Waals surface area contributed by atoms with Gasteiger partial charge in [0.1, 0.15) is 5.54 Å². The van der Waals surface area contributed by atoms with E-state index >= 15 is 0 Å². The first-order valence-corrected chi connectivity index (χ1v) is 11.5. The number of amidine groups is 1. The van der Waals surface area contributed by atoms with Gasteiger partial charge in [-0.05, 0) is 31.9 Å². The summed E-state index contributed by atoms with van der Waals surface area (Å²) in [7, 11) is -3.92. The number of ether oxygens (including phenoxy) is 1. The Hall–Kier alpha value is -1.93. The maximum Gasteiger partial charge on any atom is 0.323 e. The van der Waals surface area contributed by atoms with E-state index in [1.807, 2.05) is 6.92 Å². The van der Waals surface area contributed by atoms with Crippen molar-refractivity contribution in [2.24, 2.45) is 4.40 Å². The molecule has 1 aliphatic carbocycles. The predicted molar refractivity (Wildman–Crippen MR) is 106 cm³/mol. The topological polar surface area (TPSA) is 88.1 Å². The summed E-state index contributed by atoms with van der Waals surface area (Å²) < 4.78 is 35.9. The molecule has 3 fully saturated rings. The van der Waals surface area contributed by atoms with E-state index in [1.54, 1.807) is 29.2 Å². The molecule has 8 heteroatoms. The van der Waals surface area contributed by atoms with Gasteiger partial charge < -0.3 is 10.1 Å². The Morgan fingerprint density at radius 2 is 1.75 bits per heavy atom. The maximum atomic E-state index is 13.1. The van der Waals surface area contributed by atoms with Gasteiger partial charge in [-0.25, -0.2) is 4.79 Å². The first-order valence-electron chi connectivity index (χ1n) is 10.0. The summed E-state index contributed by atoms with van der Waals surface area (Å²) in [5.74, 6) is 0.355. The van der Waals surface area contributed by atoms with Gasteiger partial charge in [0.05, 0.1) is 4.90 Å². The molecular weight excluding hydrogens is 378 g/mol. The minimum Gasteiger partial charge on any atom is -0.381 e. The highest BCUT2D eigenvalue weighted by atomic mass is 32.2. The van der Waals surface area contributed by atoms with Gasteiger partial charge in [-0.1, -0.05) is 37.0 Å². The van der Waals surface area contributed by atoms with Gasteiger partial charge in [-0.15, -0.1) is 4.40 Å². The molecule has 1 saturated carbocycles. The average molecular weight is 406 g/mol. The van der Waals surface area contributed by atoms with Crippen LogP contribution < -0.4 is 5.32 Å². The molecule has 2 amide bonds. The van der Waals surface area contributed by atoms with Crippen LogP contribution >= 0.6 is 0 Å². The van der Waals surface area contributed by atoms with Gasteiger partial charge in [0.15, 0.2) is 5.84 Å². The number of amides is 2. The van der Waals surface area contributed by atoms with Gasteiger partial charge in [-0.3, -0.25) is 4.90 Å². The van der Waals surface area contributed by atoms with E-state index in [1.165, 1.54) is 0 Å². The molecule has 0 radical (unpaired) electrons. The summed E-state index contributed by atoms with van der Waals surface area (Å²) in [4.78, 5) is 14.7. The van der Waals surface area contributed by atoms with Crippen molar-refractivity contribution >= 4 is 21.9 Å². The summed E-state index contributed by atoms with van der Waals surface area (Å²) in [5.41, 5.74) is 0.221. The lowest BCUT2D eigenvalue weighted by Crippen LogP contribution is -2.52. The first-order chi connectivity index (χ1) is 13.4. The number of benzene rings is 1. The highest BCUT2D eigenvalue weighted by molar-refractivity contribution is 7.90. The fourth-order valence-electron chi connectivity index (χ4n) is 4.40. The van der Waals surface area contributed by atoms with E-state index in [0.717, 1.165) is 37.7 Å². The van der Waals surface area contributed by atoms with E-state index in [9.17, 15) is 13.2 Å². The Morgan fingerprint density at radius 3 is 2.39 bits per heavy atom. The number of urea groups is 1. The zero-order chi connectivity index (χ0) is 19.8. The number of nitrogens with zero attached hydrogens (tertiary/aromatic N) is 2. The minimum absolute atomic E-state index is 0.00272. The molecule has 0 aromatic heterocycles. The molecule has 2 saturated heterocycles. The molecule has 0 atom stereocenters. The minimum atomic E-state index is -3.92. The molecule has 2 aliphatic heterocycles. The molecular formula is C20H27N3O4S. The van der Waals surface area contributed by atoms with Crippen molar-refractivity contribution in [3.8, 4) is 0 Å². The second-order valence-corrected chi connectivity index (χ2v) is 9.59. The van der Waals surface area contributed by atoms with Crippen molar-refractivity contribution in [3.05, 3.63) is 29.8 Å². The molecule has 3 aliphatic rings. The van der Waals surface area contributed by atoms with Gasteiger partial charge in [0.25, 0.3) is 10.0 Å². The molecule has 2 heterocycles. The Morgan fingerprint density at radius 1 is 1.11 bits per heavy atom. The second kappa shape index (κ2) is 7.48. The summed E-state index contributed by atoms with van der Waals surface area (Å²) >= 11 is 0. The quantitative estimate of drug-likeness (QED) is 0.837. The van der Waals surface area contributed by atoms with Crippen LogP contribution in [0.25, 0.3) is 0 Å². The second-order valence-electron chi connectivity index (χ2n) is 7.99. The third kappa shape index (κ3) is 3.55. The number of nitrogens with one attached hydrogen (secondary N) is 1. The van der Waals surface area contributed by atoms with E-state index in [-0.39, 0.29) is 17.0 Å². The van der Waals surface area contributed by atoms with E-state index in [4.69, 9.17) is 4.74 Å². The van der Waals surface area contributed by atoms with Crippen molar-refractivity contribution in [2.75, 3.05) is 13.2 Å². The van der Waals surface area contributed by atoms with Crippen LogP contribution in [0.15, 0.2) is 33.6 Å². The molecule has 1 spiro atoms. The average Bonchev–Trinajstić information content (AvgIpc) is 2.93. The standard InChI is InChI=1S/C20H27N3O4S/c1-15-7-9-17(10-8-15)28(25,26)22-18-20(11-13-27-14-12-20)21-19(24)23(18)16-5-3-2-4-6-16/h7-10,16H,2-6,11-14H2,1H3,(H,21,24)/b22-18+. The number of hydrogen-bond donors (Lipinski definition) is 1. The van der Waals surface area contributed by atoms with E-state index < -0.39 is 15.6 Å². The lowest BCUT2D eigenvalue weighted by Gasteiger charge is -2.35. The highest BCUT2D eigenvalue weighted by Crippen LogP contribution is 2.35. The van der Waals surface area contributed by atoms with Gasteiger partial charge >= 0.3 is 6.03 Å². The summed E-state index contributed by atoms with van der Waals surface area (Å²) in [6.07, 6.45) is 6.06. The largest absolute Gasteiger partial charge is 0.381 e. The zero-order valence-corrected chi connectivity index (χ0v) is 17.0. The van der Waals surface area contributed by atoms with Gasteiger partial charge in [0, 0.05) is 32.1 Å². The molecule has 7 nitrogen and oxygen atoms in total. The third-order valence-corrected chi connectivity index (χ3v) is 7.31. The molecule has 152 valence electrons. The number of sulfonamides is 1. The van der Waals surface area contributed by atoms with Crippen LogP contribution in [-0.2, 0) is 14.8 Å². The fraction of sp³-hybridized carbons (Fsp3) is 0.600. The summed E-state index contributed by atoms with van der Waals surface area (Å²) in [6, 6.07) is 6.43. The zero-order valence-electron chi connectivity index (χ0n) is 16.2. The van der Waals surface area contributed by atoms with Crippen LogP contribution in [0.1, 0.15) is 50.5 Å². The van der Waals surface area contributed by atoms with Gasteiger partial charge in [0.2, 0.25) is 0 Å². The molecule has 28 heavy (non-hydrogen) atoms. The van der Waals surface area contributed by atoms with E-state index in [0.29, 0.717) is 31.9 Å². The highest BCUT2D eigenvalue weighted by Gasteiger charge is 2.52. The Labute approximate surface area is 166 Å². The van der Waals surface area contributed by atoms with Crippen molar-refractivity contribution < 1.29 is 17.9 Å². The maximum absolute atomic E-state index is 13.1. The smallest absolute Gasteiger partial charge is 0.323 e. The van der Waals surface area contributed by atoms with Crippen molar-refractivity contribution in [3.63, 3.8) is 0 Å². The monoisotopic (exact) mass is 405 g/mol. The van der Waals surface area contributed by atoms with Crippen LogP contribution in [0.3, 0.4) is 0 Å².